The molecule has 2 heterocycles. The van der Waals surface area contributed by atoms with Crippen LogP contribution in [0.2, 0.25) is 0 Å². The molecule has 0 aromatic heterocycles. The molecular weight excluding hydrogens is 424 g/mol. The van der Waals surface area contributed by atoms with Gasteiger partial charge in [-0.05, 0) is 19.4 Å². The Morgan fingerprint density at radius 3 is 2.45 bits per heavy atom. The van der Waals surface area contributed by atoms with E-state index in [1.807, 2.05) is 67.6 Å². The smallest absolute Gasteiger partial charge is 0.334 e. The topological polar surface area (TPSA) is 72.5 Å². The summed E-state index contributed by atoms with van der Waals surface area (Å²) in [4.78, 5) is 12.3. The lowest BCUT2D eigenvalue weighted by molar-refractivity contribution is -0.360. The number of hydrogen-bond donors (Lipinski definition) is 0. The number of carbonyl (C=O) groups excluding carboxylic acids is 1. The van der Waals surface area contributed by atoms with E-state index in [4.69, 9.17) is 28.4 Å². The monoisotopic (exact) mass is 456 g/mol. The van der Waals surface area contributed by atoms with Gasteiger partial charge in [0.2, 0.25) is 0 Å². The first-order valence-corrected chi connectivity index (χ1v) is 11.5. The molecule has 178 valence electrons. The standard InChI is InChI=1S/C26H32O7/c1-4-28-24(27)18(3)31-22-17(2)25(29-15-19-11-7-5-8-12-19)32-21-16-30-26(33-23(21)22)20-13-9-6-10-14-20/h5-14,17-18,21-23,25-26H,4,15-16H2,1-3H3/t17?,18-,21?,22+,23+,25-,26?/m0/s1. The molecule has 2 aliphatic heterocycles. The Kier molecular flexibility index (Phi) is 8.11. The van der Waals surface area contributed by atoms with E-state index in [9.17, 15) is 4.79 Å². The second-order valence-electron chi connectivity index (χ2n) is 8.37. The molecule has 2 aliphatic rings. The molecule has 33 heavy (non-hydrogen) atoms. The number of rotatable bonds is 8. The molecule has 0 N–H and O–H groups in total. The largest absolute Gasteiger partial charge is 0.464 e. The van der Waals surface area contributed by atoms with E-state index in [0.29, 0.717) is 19.8 Å². The second-order valence-corrected chi connectivity index (χ2v) is 8.37. The maximum Gasteiger partial charge on any atom is 0.334 e. The van der Waals surface area contributed by atoms with E-state index >= 15 is 0 Å². The van der Waals surface area contributed by atoms with Crippen LogP contribution in [0.25, 0.3) is 0 Å². The quantitative estimate of drug-likeness (QED) is 0.556. The highest BCUT2D eigenvalue weighted by Gasteiger charge is 2.50. The molecule has 2 saturated heterocycles. The Labute approximate surface area is 194 Å². The minimum Gasteiger partial charge on any atom is -0.464 e. The third kappa shape index (κ3) is 5.80. The van der Waals surface area contributed by atoms with Crippen LogP contribution in [0.1, 0.15) is 38.2 Å². The molecule has 0 saturated carbocycles. The van der Waals surface area contributed by atoms with Gasteiger partial charge in [0.25, 0.3) is 0 Å². The molecule has 7 atom stereocenters. The van der Waals surface area contributed by atoms with Crippen LogP contribution >= 0.6 is 0 Å². The summed E-state index contributed by atoms with van der Waals surface area (Å²) in [5.41, 5.74) is 1.97. The summed E-state index contributed by atoms with van der Waals surface area (Å²) in [6, 6.07) is 19.7. The van der Waals surface area contributed by atoms with Gasteiger partial charge >= 0.3 is 5.97 Å². The lowest BCUT2D eigenvalue weighted by Gasteiger charge is -2.48. The van der Waals surface area contributed by atoms with Gasteiger partial charge in [0.15, 0.2) is 18.7 Å². The molecule has 2 aromatic rings. The van der Waals surface area contributed by atoms with Crippen LogP contribution in [0.4, 0.5) is 0 Å². The van der Waals surface area contributed by atoms with Crippen molar-refractivity contribution < 1.29 is 33.2 Å². The average molecular weight is 457 g/mol. The molecule has 0 bridgehead atoms. The van der Waals surface area contributed by atoms with Crippen molar-refractivity contribution in [2.75, 3.05) is 13.2 Å². The lowest BCUT2D eigenvalue weighted by Crippen LogP contribution is -2.60. The van der Waals surface area contributed by atoms with Crippen LogP contribution in [0.5, 0.6) is 0 Å². The molecule has 0 spiro atoms. The van der Waals surface area contributed by atoms with Gasteiger partial charge < -0.3 is 28.4 Å². The molecular formula is C26H32O7. The van der Waals surface area contributed by atoms with Crippen molar-refractivity contribution in [2.24, 2.45) is 5.92 Å². The van der Waals surface area contributed by atoms with Crippen molar-refractivity contribution in [1.82, 2.24) is 0 Å². The van der Waals surface area contributed by atoms with Crippen LogP contribution in [-0.4, -0.2) is 49.9 Å². The Morgan fingerprint density at radius 2 is 1.76 bits per heavy atom. The van der Waals surface area contributed by atoms with Crippen LogP contribution in [0.15, 0.2) is 60.7 Å². The van der Waals surface area contributed by atoms with Gasteiger partial charge in [-0.1, -0.05) is 67.6 Å². The Balaban J connectivity index is 1.51. The summed E-state index contributed by atoms with van der Waals surface area (Å²) in [6.07, 6.45) is -3.07. The van der Waals surface area contributed by atoms with Crippen molar-refractivity contribution in [3.8, 4) is 0 Å². The fraction of sp³-hybridized carbons (Fsp3) is 0.500. The molecule has 0 radical (unpaired) electrons. The first-order chi connectivity index (χ1) is 16.1. The fourth-order valence-corrected chi connectivity index (χ4v) is 4.18. The van der Waals surface area contributed by atoms with Gasteiger partial charge in [0.1, 0.15) is 12.2 Å². The van der Waals surface area contributed by atoms with E-state index in [0.717, 1.165) is 11.1 Å². The molecule has 0 aliphatic carbocycles. The molecule has 7 heteroatoms. The van der Waals surface area contributed by atoms with Crippen LogP contribution in [-0.2, 0) is 39.8 Å². The summed E-state index contributed by atoms with van der Waals surface area (Å²) in [7, 11) is 0. The van der Waals surface area contributed by atoms with Crippen molar-refractivity contribution in [1.29, 1.82) is 0 Å². The van der Waals surface area contributed by atoms with E-state index in [-0.39, 0.29) is 12.0 Å². The third-order valence-electron chi connectivity index (χ3n) is 5.95. The minimum atomic E-state index is -0.743. The van der Waals surface area contributed by atoms with E-state index in [1.54, 1.807) is 13.8 Å². The van der Waals surface area contributed by atoms with E-state index < -0.39 is 36.9 Å². The Bertz CT molecular complexity index is 875. The summed E-state index contributed by atoms with van der Waals surface area (Å²) < 4.78 is 36.1. The molecule has 4 rings (SSSR count). The first kappa shape index (κ1) is 23.9. The van der Waals surface area contributed by atoms with Gasteiger partial charge in [-0.3, -0.25) is 0 Å². The minimum absolute atomic E-state index is 0.193. The summed E-state index contributed by atoms with van der Waals surface area (Å²) in [5, 5.41) is 0. The number of esters is 1. The van der Waals surface area contributed by atoms with Crippen LogP contribution in [0.3, 0.4) is 0 Å². The van der Waals surface area contributed by atoms with Gasteiger partial charge in [-0.25, -0.2) is 4.79 Å². The zero-order valence-corrected chi connectivity index (χ0v) is 19.3. The zero-order valence-electron chi connectivity index (χ0n) is 19.3. The predicted molar refractivity (Wildman–Crippen MR) is 120 cm³/mol. The number of carbonyl (C=O) groups is 1. The van der Waals surface area contributed by atoms with E-state index in [2.05, 4.69) is 0 Å². The van der Waals surface area contributed by atoms with Gasteiger partial charge in [0, 0.05) is 11.5 Å². The number of hydrogen-bond acceptors (Lipinski definition) is 7. The van der Waals surface area contributed by atoms with Crippen molar-refractivity contribution in [3.05, 3.63) is 71.8 Å². The molecule has 0 amide bonds. The van der Waals surface area contributed by atoms with Crippen LogP contribution < -0.4 is 0 Å². The highest BCUT2D eigenvalue weighted by atomic mass is 16.7. The Morgan fingerprint density at radius 1 is 1.06 bits per heavy atom. The second kappa shape index (κ2) is 11.2. The SMILES string of the molecule is CCOC(=O)[C@H](C)O[C@@H]1C(C)[C@@H](OCc2ccccc2)OC2COC(c3ccccc3)O[C@H]21. The fourth-order valence-electron chi connectivity index (χ4n) is 4.18. The zero-order chi connectivity index (χ0) is 23.2. The average Bonchev–Trinajstić information content (AvgIpc) is 2.85. The number of benzene rings is 2. The summed E-state index contributed by atoms with van der Waals surface area (Å²) in [6.45, 7) is 6.49. The van der Waals surface area contributed by atoms with Gasteiger partial charge in [-0.2, -0.15) is 0 Å². The number of fused-ring (bicyclic) bond motifs is 1. The van der Waals surface area contributed by atoms with Crippen molar-refractivity contribution >= 4 is 5.97 Å². The van der Waals surface area contributed by atoms with Gasteiger partial charge in [0.05, 0.1) is 25.9 Å². The normalized spacial score (nSPS) is 30.3. The maximum atomic E-state index is 12.3. The predicted octanol–water partition coefficient (Wildman–Crippen LogP) is 4.02. The molecule has 7 nitrogen and oxygen atoms in total. The van der Waals surface area contributed by atoms with E-state index in [1.165, 1.54) is 0 Å². The summed E-state index contributed by atoms with van der Waals surface area (Å²) in [5.74, 6) is -0.595. The van der Waals surface area contributed by atoms with Crippen LogP contribution in [0, 0.1) is 5.92 Å². The highest BCUT2D eigenvalue weighted by molar-refractivity contribution is 5.74. The first-order valence-electron chi connectivity index (χ1n) is 11.5. The summed E-state index contributed by atoms with van der Waals surface area (Å²) >= 11 is 0. The van der Waals surface area contributed by atoms with Crippen molar-refractivity contribution in [2.45, 2.75) is 64.4 Å². The lowest BCUT2D eigenvalue weighted by atomic mass is 9.91. The Hall–Kier alpha value is -2.29. The van der Waals surface area contributed by atoms with Crippen molar-refractivity contribution in [3.63, 3.8) is 0 Å². The molecule has 2 fully saturated rings. The third-order valence-corrected chi connectivity index (χ3v) is 5.95. The van der Waals surface area contributed by atoms with Gasteiger partial charge in [-0.15, -0.1) is 0 Å². The number of ether oxygens (including phenoxy) is 6. The molecule has 3 unspecified atom stereocenters. The maximum absolute atomic E-state index is 12.3. The highest BCUT2D eigenvalue weighted by Crippen LogP contribution is 2.38. The molecule has 2 aromatic carbocycles.